The number of halogens is 1. The van der Waals surface area contributed by atoms with Crippen LogP contribution < -0.4 is 10.2 Å². The third kappa shape index (κ3) is 4.34. The van der Waals surface area contributed by atoms with E-state index in [0.29, 0.717) is 22.2 Å². The van der Waals surface area contributed by atoms with E-state index in [-0.39, 0.29) is 11.3 Å². The Hall–Kier alpha value is -3.90. The average Bonchev–Trinajstić information content (AvgIpc) is 3.10. The van der Waals surface area contributed by atoms with Gasteiger partial charge in [-0.3, -0.25) is 15.0 Å². The molecule has 0 aromatic heterocycles. The summed E-state index contributed by atoms with van der Waals surface area (Å²) in [4.78, 5) is 30.4. The first-order chi connectivity index (χ1) is 15.1. The van der Waals surface area contributed by atoms with Gasteiger partial charge < -0.3 is 4.74 Å². The Bertz CT molecular complexity index is 1190. The smallest absolute Gasteiger partial charge is 0.297 e. The van der Waals surface area contributed by atoms with Crippen molar-refractivity contribution < 1.29 is 14.3 Å². The third-order valence-corrected chi connectivity index (χ3v) is 4.97. The topological polar surface area (TPSA) is 71.0 Å². The minimum Gasteiger partial charge on any atom is -0.497 e. The fraction of sp³-hybridized carbons (Fsp3) is 0.0417. The van der Waals surface area contributed by atoms with Gasteiger partial charge in [-0.2, -0.15) is 5.01 Å². The van der Waals surface area contributed by atoms with Crippen LogP contribution in [0.3, 0.4) is 0 Å². The molecule has 0 saturated carbocycles. The fourth-order valence-electron chi connectivity index (χ4n) is 3.07. The molecule has 154 valence electrons. The highest BCUT2D eigenvalue weighted by atomic mass is 35.5. The number of hydrogen-bond donors (Lipinski definition) is 1. The van der Waals surface area contributed by atoms with Crippen LogP contribution >= 0.6 is 11.6 Å². The van der Waals surface area contributed by atoms with Crippen LogP contribution in [0.15, 0.2) is 89.6 Å². The summed E-state index contributed by atoms with van der Waals surface area (Å²) in [5.74, 6) is 0.0797. The Labute approximate surface area is 184 Å². The average molecular weight is 432 g/mol. The number of carbonyl (C=O) groups excluding carboxylic acids is 2. The summed E-state index contributed by atoms with van der Waals surface area (Å²) in [6.07, 6.45) is 1.66. The SMILES string of the molecule is COc1ccc(C=C2N=C(c3ccccc3)N(NC(=O)c3ccccc3Cl)C2=O)cc1. The number of carbonyl (C=O) groups is 2. The van der Waals surface area contributed by atoms with E-state index in [4.69, 9.17) is 16.3 Å². The molecular weight excluding hydrogens is 414 g/mol. The van der Waals surface area contributed by atoms with Gasteiger partial charge in [0.15, 0.2) is 5.84 Å². The lowest BCUT2D eigenvalue weighted by Crippen LogP contribution is -2.47. The van der Waals surface area contributed by atoms with E-state index < -0.39 is 11.8 Å². The number of benzene rings is 3. The van der Waals surface area contributed by atoms with Crippen LogP contribution in [0.25, 0.3) is 6.08 Å². The number of aliphatic imine (C=N–C) groups is 1. The highest BCUT2D eigenvalue weighted by Gasteiger charge is 2.33. The van der Waals surface area contributed by atoms with Crippen molar-refractivity contribution in [2.75, 3.05) is 7.11 Å². The van der Waals surface area contributed by atoms with Crippen LogP contribution in [0.2, 0.25) is 5.02 Å². The van der Waals surface area contributed by atoms with Gasteiger partial charge in [-0.1, -0.05) is 66.2 Å². The molecule has 0 atom stereocenters. The minimum absolute atomic E-state index is 0.198. The van der Waals surface area contributed by atoms with Gasteiger partial charge >= 0.3 is 0 Å². The first-order valence-corrected chi connectivity index (χ1v) is 9.84. The molecule has 0 radical (unpaired) electrons. The largest absolute Gasteiger partial charge is 0.497 e. The van der Waals surface area contributed by atoms with Crippen LogP contribution in [-0.2, 0) is 4.79 Å². The molecule has 4 rings (SSSR count). The minimum atomic E-state index is -0.506. The molecule has 0 aliphatic carbocycles. The second-order valence-electron chi connectivity index (χ2n) is 6.67. The van der Waals surface area contributed by atoms with Gasteiger partial charge in [-0.15, -0.1) is 0 Å². The number of hydrazine groups is 1. The summed E-state index contributed by atoms with van der Waals surface area (Å²) < 4.78 is 5.17. The lowest BCUT2D eigenvalue weighted by Gasteiger charge is -2.19. The highest BCUT2D eigenvalue weighted by Crippen LogP contribution is 2.23. The molecule has 1 N–H and O–H groups in total. The standard InChI is InChI=1S/C24H18ClN3O3/c1-31-18-13-11-16(12-14-18)15-21-24(30)28(22(26-21)17-7-3-2-4-8-17)27-23(29)19-9-5-6-10-20(19)25/h2-15H,1H3,(H,27,29). The van der Waals surface area contributed by atoms with Crippen molar-refractivity contribution in [2.45, 2.75) is 0 Å². The van der Waals surface area contributed by atoms with E-state index in [1.54, 1.807) is 49.6 Å². The molecular formula is C24H18ClN3O3. The van der Waals surface area contributed by atoms with Crippen molar-refractivity contribution in [1.82, 2.24) is 10.4 Å². The van der Waals surface area contributed by atoms with Crippen molar-refractivity contribution in [2.24, 2.45) is 4.99 Å². The van der Waals surface area contributed by atoms with Gasteiger partial charge in [0, 0.05) is 5.56 Å². The van der Waals surface area contributed by atoms with E-state index in [1.807, 2.05) is 42.5 Å². The summed E-state index contributed by atoms with van der Waals surface area (Å²) >= 11 is 6.14. The molecule has 3 aromatic carbocycles. The zero-order chi connectivity index (χ0) is 21.8. The van der Waals surface area contributed by atoms with Crippen LogP contribution in [0.1, 0.15) is 21.5 Å². The quantitative estimate of drug-likeness (QED) is 0.611. The van der Waals surface area contributed by atoms with Crippen LogP contribution in [0.4, 0.5) is 0 Å². The summed E-state index contributed by atoms with van der Waals surface area (Å²) in [5, 5.41) is 1.44. The molecule has 3 aromatic rings. The predicted molar refractivity (Wildman–Crippen MR) is 120 cm³/mol. The van der Waals surface area contributed by atoms with Crippen LogP contribution in [0, 0.1) is 0 Å². The van der Waals surface area contributed by atoms with Gasteiger partial charge in [0.05, 0.1) is 17.7 Å². The van der Waals surface area contributed by atoms with Crippen molar-refractivity contribution in [3.63, 3.8) is 0 Å². The molecule has 1 aliphatic heterocycles. The monoisotopic (exact) mass is 431 g/mol. The van der Waals surface area contributed by atoms with Crippen molar-refractivity contribution in [1.29, 1.82) is 0 Å². The van der Waals surface area contributed by atoms with Gasteiger partial charge in [0.2, 0.25) is 0 Å². The van der Waals surface area contributed by atoms with E-state index in [0.717, 1.165) is 10.6 Å². The maximum atomic E-state index is 13.1. The summed E-state index contributed by atoms with van der Waals surface area (Å²) in [6.45, 7) is 0. The first kappa shape index (κ1) is 20.4. The Balaban J connectivity index is 1.69. The van der Waals surface area contributed by atoms with E-state index in [1.165, 1.54) is 0 Å². The van der Waals surface area contributed by atoms with Gasteiger partial charge in [-0.05, 0) is 35.9 Å². The van der Waals surface area contributed by atoms with E-state index in [9.17, 15) is 9.59 Å². The molecule has 0 bridgehead atoms. The van der Waals surface area contributed by atoms with E-state index >= 15 is 0 Å². The number of rotatable bonds is 5. The Kier molecular flexibility index (Phi) is 5.82. The predicted octanol–water partition coefficient (Wildman–Crippen LogP) is 4.32. The molecule has 2 amide bonds. The van der Waals surface area contributed by atoms with Gasteiger partial charge in [0.1, 0.15) is 11.4 Å². The second kappa shape index (κ2) is 8.85. The molecule has 0 spiro atoms. The van der Waals surface area contributed by atoms with Crippen LogP contribution in [0.5, 0.6) is 5.75 Å². The maximum Gasteiger partial charge on any atom is 0.297 e. The molecule has 31 heavy (non-hydrogen) atoms. The normalized spacial score (nSPS) is 14.5. The summed E-state index contributed by atoms with van der Waals surface area (Å²) in [5.41, 5.74) is 4.56. The molecule has 1 aliphatic rings. The molecule has 0 fully saturated rings. The lowest BCUT2D eigenvalue weighted by molar-refractivity contribution is -0.124. The summed E-state index contributed by atoms with van der Waals surface area (Å²) in [6, 6.07) is 23.0. The molecule has 7 heteroatoms. The van der Waals surface area contributed by atoms with Crippen molar-refractivity contribution >= 4 is 35.3 Å². The Morgan fingerprint density at radius 1 is 1.00 bits per heavy atom. The Morgan fingerprint density at radius 2 is 1.68 bits per heavy atom. The molecule has 6 nitrogen and oxygen atoms in total. The lowest BCUT2D eigenvalue weighted by atomic mass is 10.2. The van der Waals surface area contributed by atoms with Crippen LogP contribution in [-0.4, -0.2) is 29.8 Å². The number of amidine groups is 1. The zero-order valence-electron chi connectivity index (χ0n) is 16.6. The number of hydrogen-bond acceptors (Lipinski definition) is 4. The number of amides is 2. The van der Waals surface area contributed by atoms with Gasteiger partial charge in [0.25, 0.3) is 11.8 Å². The van der Waals surface area contributed by atoms with E-state index in [2.05, 4.69) is 10.4 Å². The molecule has 1 heterocycles. The highest BCUT2D eigenvalue weighted by molar-refractivity contribution is 6.34. The Morgan fingerprint density at radius 3 is 2.35 bits per heavy atom. The third-order valence-electron chi connectivity index (χ3n) is 4.64. The first-order valence-electron chi connectivity index (χ1n) is 9.46. The number of ether oxygens (including phenoxy) is 1. The fourth-order valence-corrected chi connectivity index (χ4v) is 3.29. The number of nitrogens with zero attached hydrogens (tertiary/aromatic N) is 2. The molecule has 0 saturated heterocycles. The zero-order valence-corrected chi connectivity index (χ0v) is 17.3. The van der Waals surface area contributed by atoms with Gasteiger partial charge in [-0.25, -0.2) is 4.99 Å². The molecule has 0 unspecified atom stereocenters. The van der Waals surface area contributed by atoms with Crippen molar-refractivity contribution in [3.05, 3.63) is 106 Å². The number of nitrogens with one attached hydrogen (secondary N) is 1. The number of methoxy groups -OCH3 is 1. The summed E-state index contributed by atoms with van der Waals surface area (Å²) in [7, 11) is 1.59. The van der Waals surface area contributed by atoms with Crippen molar-refractivity contribution in [3.8, 4) is 5.75 Å². The second-order valence-corrected chi connectivity index (χ2v) is 7.07. The maximum absolute atomic E-state index is 13.1.